The molecule has 0 aliphatic carbocycles. The molecule has 7 heteroatoms. The quantitative estimate of drug-likeness (QED) is 0.861. The molecular weight excluding hydrogens is 300 g/mol. The van der Waals surface area contributed by atoms with E-state index >= 15 is 0 Å². The summed E-state index contributed by atoms with van der Waals surface area (Å²) in [4.78, 5) is 14.9. The van der Waals surface area contributed by atoms with E-state index in [2.05, 4.69) is 4.90 Å². The van der Waals surface area contributed by atoms with Gasteiger partial charge in [0.1, 0.15) is 11.5 Å². The third kappa shape index (κ3) is 2.94. The summed E-state index contributed by atoms with van der Waals surface area (Å²) in [5, 5.41) is 19.4. The molecule has 2 heterocycles. The lowest BCUT2D eigenvalue weighted by Gasteiger charge is -2.39. The van der Waals surface area contributed by atoms with Crippen molar-refractivity contribution in [3.8, 4) is 11.5 Å². The molecule has 0 spiro atoms. The fourth-order valence-corrected chi connectivity index (χ4v) is 3.67. The summed E-state index contributed by atoms with van der Waals surface area (Å²) in [7, 11) is 3.23. The number of hydrogen-bond donors (Lipinski definition) is 2. The monoisotopic (exact) mass is 322 g/mol. The van der Waals surface area contributed by atoms with Gasteiger partial charge >= 0.3 is 6.09 Å². The molecule has 2 fully saturated rings. The number of carboxylic acid groups (broad SMARTS) is 1. The van der Waals surface area contributed by atoms with Crippen molar-refractivity contribution in [3.63, 3.8) is 0 Å². The Kier molecular flexibility index (Phi) is 4.32. The van der Waals surface area contributed by atoms with E-state index in [0.717, 1.165) is 17.1 Å². The van der Waals surface area contributed by atoms with Crippen molar-refractivity contribution in [2.45, 2.75) is 31.2 Å². The van der Waals surface area contributed by atoms with Crippen LogP contribution in [-0.2, 0) is 6.54 Å². The van der Waals surface area contributed by atoms with E-state index < -0.39 is 12.2 Å². The average Bonchev–Trinajstić information content (AvgIpc) is 2.74. The van der Waals surface area contributed by atoms with Crippen LogP contribution in [0.25, 0.3) is 0 Å². The van der Waals surface area contributed by atoms with Crippen LogP contribution in [0.2, 0.25) is 0 Å². The van der Waals surface area contributed by atoms with Crippen molar-refractivity contribution < 1.29 is 24.5 Å². The number of fused-ring (bicyclic) bond motifs is 2. The zero-order valence-electron chi connectivity index (χ0n) is 13.3. The predicted octanol–water partition coefficient (Wildman–Crippen LogP) is 1.00. The number of piperazine rings is 1. The lowest BCUT2D eigenvalue weighted by Crippen LogP contribution is -2.56. The zero-order valence-corrected chi connectivity index (χ0v) is 13.3. The molecule has 2 aliphatic rings. The standard InChI is InChI=1S/C16H22N2O5/c1-22-12-4-3-10(15(6-12)23-2)7-17-8-11-5-14(19)13(9-17)18(11)16(20)21/h3-4,6,11,13-14,19H,5,7-9H2,1-2H3,(H,20,21)/t11-,13-,14-/m0/s1. The van der Waals surface area contributed by atoms with Gasteiger partial charge in [0.25, 0.3) is 0 Å². The number of methoxy groups -OCH3 is 2. The number of aliphatic hydroxyl groups is 1. The zero-order chi connectivity index (χ0) is 16.6. The minimum atomic E-state index is -0.946. The molecule has 23 heavy (non-hydrogen) atoms. The molecule has 2 N–H and O–H groups in total. The number of hydrogen-bond acceptors (Lipinski definition) is 5. The first-order valence-electron chi connectivity index (χ1n) is 7.66. The van der Waals surface area contributed by atoms with Gasteiger partial charge in [0.2, 0.25) is 0 Å². The normalized spacial score (nSPS) is 27.1. The Morgan fingerprint density at radius 3 is 2.70 bits per heavy atom. The first kappa shape index (κ1) is 15.9. The second kappa shape index (κ2) is 6.25. The van der Waals surface area contributed by atoms with Crippen LogP contribution in [0.4, 0.5) is 4.79 Å². The van der Waals surface area contributed by atoms with Crippen molar-refractivity contribution in [3.05, 3.63) is 23.8 Å². The maximum Gasteiger partial charge on any atom is 0.407 e. The van der Waals surface area contributed by atoms with Crippen molar-refractivity contribution >= 4 is 6.09 Å². The number of benzene rings is 1. The predicted molar refractivity (Wildman–Crippen MR) is 82.9 cm³/mol. The van der Waals surface area contributed by atoms with E-state index in [1.807, 2.05) is 18.2 Å². The van der Waals surface area contributed by atoms with Crippen LogP contribution in [0.3, 0.4) is 0 Å². The fourth-order valence-electron chi connectivity index (χ4n) is 3.67. The Balaban J connectivity index is 1.74. The summed E-state index contributed by atoms with van der Waals surface area (Å²) < 4.78 is 10.6. The van der Waals surface area contributed by atoms with Crippen LogP contribution >= 0.6 is 0 Å². The number of carbonyl (C=O) groups is 1. The molecule has 2 aliphatic heterocycles. The van der Waals surface area contributed by atoms with Gasteiger partial charge in [-0.25, -0.2) is 4.79 Å². The summed E-state index contributed by atoms with van der Waals surface area (Å²) in [6.07, 6.45) is -1.02. The summed E-state index contributed by atoms with van der Waals surface area (Å²) in [5.74, 6) is 1.48. The molecule has 1 aromatic carbocycles. The van der Waals surface area contributed by atoms with Crippen molar-refractivity contribution in [1.82, 2.24) is 9.80 Å². The lowest BCUT2D eigenvalue weighted by atomic mass is 10.1. The van der Waals surface area contributed by atoms with Gasteiger partial charge in [0, 0.05) is 31.3 Å². The SMILES string of the molecule is COc1ccc(CN2C[C@@H]3C[C@H](O)[C@H](C2)N3C(=O)O)c(OC)c1. The number of nitrogens with zero attached hydrogens (tertiary/aromatic N) is 2. The first-order valence-corrected chi connectivity index (χ1v) is 7.66. The van der Waals surface area contributed by atoms with Crippen LogP contribution in [-0.4, -0.2) is 71.6 Å². The number of ether oxygens (including phenoxy) is 2. The molecule has 7 nitrogen and oxygen atoms in total. The lowest BCUT2D eigenvalue weighted by molar-refractivity contribution is 0.0360. The van der Waals surface area contributed by atoms with Crippen molar-refractivity contribution in [2.75, 3.05) is 27.3 Å². The van der Waals surface area contributed by atoms with E-state index in [1.54, 1.807) is 14.2 Å². The molecule has 1 amide bonds. The number of amides is 1. The van der Waals surface area contributed by atoms with Gasteiger partial charge in [0.05, 0.1) is 32.4 Å². The molecule has 2 saturated heterocycles. The van der Waals surface area contributed by atoms with E-state index in [-0.39, 0.29) is 12.1 Å². The van der Waals surface area contributed by atoms with E-state index in [1.165, 1.54) is 4.90 Å². The molecule has 3 atom stereocenters. The Labute approximate surface area is 135 Å². The Morgan fingerprint density at radius 1 is 1.30 bits per heavy atom. The summed E-state index contributed by atoms with van der Waals surface area (Å²) in [5.41, 5.74) is 1.02. The van der Waals surface area contributed by atoms with Crippen molar-refractivity contribution in [1.29, 1.82) is 0 Å². The molecule has 3 rings (SSSR count). The Bertz CT molecular complexity index is 594. The average molecular weight is 322 g/mol. The molecule has 0 aromatic heterocycles. The highest BCUT2D eigenvalue weighted by Gasteiger charge is 2.48. The van der Waals surface area contributed by atoms with Gasteiger partial charge < -0.3 is 19.7 Å². The maximum atomic E-state index is 11.4. The Morgan fingerprint density at radius 2 is 2.09 bits per heavy atom. The molecule has 1 aromatic rings. The summed E-state index contributed by atoms with van der Waals surface area (Å²) in [6, 6.07) is 5.18. The largest absolute Gasteiger partial charge is 0.497 e. The highest BCUT2D eigenvalue weighted by molar-refractivity contribution is 5.67. The Hall–Kier alpha value is -1.99. The molecular formula is C16H22N2O5. The number of likely N-dealkylation sites (tertiary alicyclic amines) is 1. The smallest absolute Gasteiger partial charge is 0.407 e. The van der Waals surface area contributed by atoms with Gasteiger partial charge in [-0.15, -0.1) is 0 Å². The second-order valence-electron chi connectivity index (χ2n) is 6.09. The van der Waals surface area contributed by atoms with Gasteiger partial charge in [-0.2, -0.15) is 0 Å². The topological polar surface area (TPSA) is 82.5 Å². The minimum Gasteiger partial charge on any atom is -0.497 e. The van der Waals surface area contributed by atoms with Crippen LogP contribution < -0.4 is 9.47 Å². The molecule has 2 bridgehead atoms. The fraction of sp³-hybridized carbons (Fsp3) is 0.562. The molecule has 126 valence electrons. The van der Waals surface area contributed by atoms with E-state index in [4.69, 9.17) is 9.47 Å². The van der Waals surface area contributed by atoms with Crippen LogP contribution in [0.1, 0.15) is 12.0 Å². The van der Waals surface area contributed by atoms with Crippen LogP contribution in [0.15, 0.2) is 18.2 Å². The highest BCUT2D eigenvalue weighted by atomic mass is 16.5. The van der Waals surface area contributed by atoms with E-state index in [0.29, 0.717) is 26.1 Å². The summed E-state index contributed by atoms with van der Waals surface area (Å²) in [6.45, 7) is 1.80. The van der Waals surface area contributed by atoms with Crippen LogP contribution in [0, 0.1) is 0 Å². The third-order valence-corrected chi connectivity index (χ3v) is 4.73. The number of rotatable bonds is 4. The van der Waals surface area contributed by atoms with Gasteiger partial charge in [-0.1, -0.05) is 6.07 Å². The number of aliphatic hydroxyl groups excluding tert-OH is 1. The van der Waals surface area contributed by atoms with Gasteiger partial charge in [0.15, 0.2) is 0 Å². The molecule has 0 unspecified atom stereocenters. The second-order valence-corrected chi connectivity index (χ2v) is 6.09. The van der Waals surface area contributed by atoms with E-state index in [9.17, 15) is 15.0 Å². The molecule has 0 radical (unpaired) electrons. The van der Waals surface area contributed by atoms with Crippen molar-refractivity contribution in [2.24, 2.45) is 0 Å². The highest BCUT2D eigenvalue weighted by Crippen LogP contribution is 2.33. The first-order chi connectivity index (χ1) is 11.0. The van der Waals surface area contributed by atoms with Crippen LogP contribution in [0.5, 0.6) is 11.5 Å². The third-order valence-electron chi connectivity index (χ3n) is 4.73. The maximum absolute atomic E-state index is 11.4. The molecule has 0 saturated carbocycles. The summed E-state index contributed by atoms with van der Waals surface area (Å²) >= 11 is 0. The van der Waals surface area contributed by atoms with Gasteiger partial charge in [-0.05, 0) is 12.5 Å². The minimum absolute atomic E-state index is 0.148. The van der Waals surface area contributed by atoms with Gasteiger partial charge in [-0.3, -0.25) is 9.80 Å².